The van der Waals surface area contributed by atoms with E-state index in [9.17, 15) is 0 Å². The number of nitrogens with two attached hydrogens (primary N) is 1. The first-order valence-corrected chi connectivity index (χ1v) is 4.09. The molecule has 2 aromatic rings. The van der Waals surface area contributed by atoms with Gasteiger partial charge in [-0.3, -0.25) is 4.98 Å². The van der Waals surface area contributed by atoms with Crippen LogP contribution in [0.25, 0.3) is 10.8 Å². The number of benzene rings is 1. The van der Waals surface area contributed by atoms with E-state index in [0.29, 0.717) is 5.46 Å². The van der Waals surface area contributed by atoms with E-state index in [1.807, 2.05) is 25.1 Å². The molecule has 2 N–H and O–H groups in total. The van der Waals surface area contributed by atoms with Gasteiger partial charge in [-0.25, -0.2) is 0 Å². The van der Waals surface area contributed by atoms with Crippen LogP contribution in [-0.2, 0) is 0 Å². The van der Waals surface area contributed by atoms with Crippen molar-refractivity contribution in [2.45, 2.75) is 6.92 Å². The summed E-state index contributed by atoms with van der Waals surface area (Å²) in [4.78, 5) is 4.17. The molecular formula is C10H9BN2. The number of hydrogen-bond acceptors (Lipinski definition) is 2. The van der Waals surface area contributed by atoms with Crippen LogP contribution in [0.1, 0.15) is 5.69 Å². The largest absolute Gasteiger partial charge is 0.399 e. The maximum atomic E-state index is 5.87. The van der Waals surface area contributed by atoms with Crippen molar-refractivity contribution in [3.8, 4) is 0 Å². The molecular weight excluding hydrogens is 159 g/mol. The van der Waals surface area contributed by atoms with Gasteiger partial charge in [-0.05, 0) is 29.8 Å². The minimum Gasteiger partial charge on any atom is -0.399 e. The Balaban J connectivity index is 2.89. The lowest BCUT2D eigenvalue weighted by Gasteiger charge is -2.05. The molecule has 0 atom stereocenters. The highest BCUT2D eigenvalue weighted by atomic mass is 14.7. The van der Waals surface area contributed by atoms with Crippen LogP contribution in [0.2, 0.25) is 0 Å². The Labute approximate surface area is 78.2 Å². The molecule has 0 spiro atoms. The highest BCUT2D eigenvalue weighted by Crippen LogP contribution is 2.14. The van der Waals surface area contributed by atoms with Crippen LogP contribution < -0.4 is 11.2 Å². The van der Waals surface area contributed by atoms with E-state index in [4.69, 9.17) is 13.6 Å². The van der Waals surface area contributed by atoms with Gasteiger partial charge in [0.15, 0.2) is 0 Å². The van der Waals surface area contributed by atoms with Crippen molar-refractivity contribution >= 4 is 29.8 Å². The minimum atomic E-state index is 0.713. The fraction of sp³-hybridized carbons (Fsp3) is 0.100. The molecule has 13 heavy (non-hydrogen) atoms. The van der Waals surface area contributed by atoms with Crippen LogP contribution in [0, 0.1) is 6.92 Å². The summed E-state index contributed by atoms with van der Waals surface area (Å²) in [7, 11) is 5.87. The molecule has 2 nitrogen and oxygen atoms in total. The molecule has 0 saturated carbocycles. The van der Waals surface area contributed by atoms with E-state index in [2.05, 4.69) is 4.98 Å². The maximum absolute atomic E-state index is 5.87. The molecule has 1 aromatic heterocycles. The highest BCUT2D eigenvalue weighted by Gasteiger charge is 2.00. The van der Waals surface area contributed by atoms with Crippen LogP contribution in [0.5, 0.6) is 0 Å². The summed E-state index contributed by atoms with van der Waals surface area (Å²) in [5.74, 6) is 0. The Morgan fingerprint density at radius 3 is 2.92 bits per heavy atom. The van der Waals surface area contributed by atoms with Crippen molar-refractivity contribution in [2.75, 3.05) is 5.73 Å². The van der Waals surface area contributed by atoms with E-state index >= 15 is 0 Å². The zero-order valence-electron chi connectivity index (χ0n) is 7.41. The van der Waals surface area contributed by atoms with Gasteiger partial charge in [0.25, 0.3) is 0 Å². The van der Waals surface area contributed by atoms with Crippen molar-refractivity contribution in [1.82, 2.24) is 4.98 Å². The minimum absolute atomic E-state index is 0.713. The summed E-state index contributed by atoms with van der Waals surface area (Å²) in [6, 6.07) is 5.64. The highest BCUT2D eigenvalue weighted by molar-refractivity contribution is 6.39. The Morgan fingerprint density at radius 1 is 1.38 bits per heavy atom. The molecule has 2 radical (unpaired) electrons. The summed E-state index contributed by atoms with van der Waals surface area (Å²) in [6.07, 6.45) is 1.81. The molecule has 2 rings (SSSR count). The molecule has 1 heterocycles. The summed E-state index contributed by atoms with van der Waals surface area (Å²) in [5.41, 5.74) is 7.95. The van der Waals surface area contributed by atoms with Crippen molar-refractivity contribution in [3.05, 3.63) is 30.1 Å². The molecule has 0 unspecified atom stereocenters. The fourth-order valence-corrected chi connectivity index (χ4v) is 1.35. The van der Waals surface area contributed by atoms with Crippen LogP contribution in [0.3, 0.4) is 0 Å². The third kappa shape index (κ3) is 1.26. The first-order valence-electron chi connectivity index (χ1n) is 4.09. The van der Waals surface area contributed by atoms with Gasteiger partial charge in [-0.2, -0.15) is 0 Å². The predicted molar refractivity (Wildman–Crippen MR) is 56.3 cm³/mol. The van der Waals surface area contributed by atoms with Gasteiger partial charge in [0.2, 0.25) is 0 Å². The zero-order valence-corrected chi connectivity index (χ0v) is 7.41. The van der Waals surface area contributed by atoms with E-state index < -0.39 is 0 Å². The molecule has 0 bridgehead atoms. The van der Waals surface area contributed by atoms with E-state index in [1.54, 1.807) is 6.20 Å². The van der Waals surface area contributed by atoms with E-state index in [1.165, 1.54) is 0 Å². The average Bonchev–Trinajstić information content (AvgIpc) is 2.12. The second kappa shape index (κ2) is 2.77. The molecule has 3 heteroatoms. The number of nitrogen functional groups attached to an aromatic ring is 1. The smallest absolute Gasteiger partial charge is 0.117 e. The Bertz CT molecular complexity index is 460. The second-order valence-electron chi connectivity index (χ2n) is 3.10. The summed E-state index contributed by atoms with van der Waals surface area (Å²) >= 11 is 0. The molecule has 0 amide bonds. The van der Waals surface area contributed by atoms with E-state index in [-0.39, 0.29) is 0 Å². The number of aromatic nitrogens is 1. The number of rotatable bonds is 0. The van der Waals surface area contributed by atoms with Gasteiger partial charge >= 0.3 is 0 Å². The lowest BCUT2D eigenvalue weighted by atomic mass is 9.89. The van der Waals surface area contributed by atoms with Gasteiger partial charge < -0.3 is 5.73 Å². The van der Waals surface area contributed by atoms with Gasteiger partial charge in [0.1, 0.15) is 7.85 Å². The van der Waals surface area contributed by atoms with Gasteiger partial charge in [0, 0.05) is 17.6 Å². The fourth-order valence-electron chi connectivity index (χ4n) is 1.35. The standard InChI is InChI=1S/C10H9BN2/c1-6-10(11)9-4-8(12)3-2-7(9)5-13-6/h2-5H,12H2,1H3. The van der Waals surface area contributed by atoms with Crippen LogP contribution >= 0.6 is 0 Å². The zero-order chi connectivity index (χ0) is 9.42. The lowest BCUT2D eigenvalue weighted by Crippen LogP contribution is -2.10. The summed E-state index contributed by atoms with van der Waals surface area (Å²) < 4.78 is 0. The number of fused-ring (bicyclic) bond motifs is 1. The third-order valence-corrected chi connectivity index (χ3v) is 2.15. The van der Waals surface area contributed by atoms with E-state index in [0.717, 1.165) is 22.2 Å². The normalized spacial score (nSPS) is 10.5. The van der Waals surface area contributed by atoms with Gasteiger partial charge in [-0.15, -0.1) is 0 Å². The Hall–Kier alpha value is -1.51. The van der Waals surface area contributed by atoms with Crippen molar-refractivity contribution < 1.29 is 0 Å². The van der Waals surface area contributed by atoms with Gasteiger partial charge in [0.05, 0.1) is 0 Å². The lowest BCUT2D eigenvalue weighted by molar-refractivity contribution is 1.24. The maximum Gasteiger partial charge on any atom is 0.117 e. The average molecular weight is 168 g/mol. The molecule has 62 valence electrons. The predicted octanol–water partition coefficient (Wildman–Crippen LogP) is 0.919. The summed E-state index contributed by atoms with van der Waals surface area (Å²) in [5, 5.41) is 2.00. The summed E-state index contributed by atoms with van der Waals surface area (Å²) in [6.45, 7) is 1.89. The molecule has 1 aromatic carbocycles. The number of pyridine rings is 1. The molecule has 0 aliphatic carbocycles. The molecule has 0 aliphatic heterocycles. The number of aryl methyl sites for hydroxylation is 1. The molecule has 0 fully saturated rings. The number of anilines is 1. The second-order valence-corrected chi connectivity index (χ2v) is 3.10. The van der Waals surface area contributed by atoms with Crippen LogP contribution in [-0.4, -0.2) is 12.8 Å². The van der Waals surface area contributed by atoms with Crippen molar-refractivity contribution in [2.24, 2.45) is 0 Å². The van der Waals surface area contributed by atoms with Crippen LogP contribution in [0.4, 0.5) is 5.69 Å². The monoisotopic (exact) mass is 168 g/mol. The molecule has 0 saturated heterocycles. The number of nitrogens with zero attached hydrogens (tertiary/aromatic N) is 1. The van der Waals surface area contributed by atoms with Crippen LogP contribution in [0.15, 0.2) is 24.4 Å². The number of hydrogen-bond donors (Lipinski definition) is 1. The molecule has 0 aliphatic rings. The first-order chi connectivity index (χ1) is 6.18. The van der Waals surface area contributed by atoms with Gasteiger partial charge in [-0.1, -0.05) is 11.5 Å². The third-order valence-electron chi connectivity index (χ3n) is 2.15. The quantitative estimate of drug-likeness (QED) is 0.469. The first kappa shape index (κ1) is 8.11. The Kier molecular flexibility index (Phi) is 1.73. The van der Waals surface area contributed by atoms with Crippen molar-refractivity contribution in [3.63, 3.8) is 0 Å². The SMILES string of the molecule is [B]c1c(C)ncc2ccc(N)cc12. The topological polar surface area (TPSA) is 38.9 Å². The van der Waals surface area contributed by atoms with Crippen molar-refractivity contribution in [1.29, 1.82) is 0 Å². The Morgan fingerprint density at radius 2 is 2.15 bits per heavy atom.